The molecule has 0 atom stereocenters. The van der Waals surface area contributed by atoms with Crippen molar-refractivity contribution >= 4 is 0 Å². The molecule has 17 heavy (non-hydrogen) atoms. The van der Waals surface area contributed by atoms with Gasteiger partial charge in [0.25, 0.3) is 5.91 Å². The standard InChI is InChI=1S/C12H27NO4/c1-3-5-9-16-12(11-15,13-7-8-14)17-10-6-4-2/h13-15H,3-11H2,1-2H3. The average molecular weight is 249 g/mol. The Kier molecular flexibility index (Phi) is 10.8. The fourth-order valence-corrected chi connectivity index (χ4v) is 1.30. The first-order valence-electron chi connectivity index (χ1n) is 6.49. The summed E-state index contributed by atoms with van der Waals surface area (Å²) in [6.07, 6.45) is 3.88. The smallest absolute Gasteiger partial charge is 0.251 e. The number of rotatable bonds is 12. The van der Waals surface area contributed by atoms with Gasteiger partial charge in [-0.05, 0) is 12.8 Å². The fraction of sp³-hybridized carbons (Fsp3) is 1.00. The van der Waals surface area contributed by atoms with Crippen molar-refractivity contribution < 1.29 is 19.7 Å². The van der Waals surface area contributed by atoms with Gasteiger partial charge in [-0.3, -0.25) is 5.32 Å². The second-order valence-corrected chi connectivity index (χ2v) is 3.97. The molecule has 0 fully saturated rings. The molecule has 0 aliphatic carbocycles. The molecule has 0 radical (unpaired) electrons. The largest absolute Gasteiger partial charge is 0.395 e. The molecule has 0 aliphatic rings. The summed E-state index contributed by atoms with van der Waals surface area (Å²) in [5.41, 5.74) is 0. The molecule has 104 valence electrons. The first kappa shape index (κ1) is 16.8. The van der Waals surface area contributed by atoms with Gasteiger partial charge in [0.15, 0.2) is 0 Å². The number of aliphatic hydroxyl groups excluding tert-OH is 2. The van der Waals surface area contributed by atoms with Crippen molar-refractivity contribution in [3.8, 4) is 0 Å². The third kappa shape index (κ3) is 7.68. The maximum atomic E-state index is 9.41. The Balaban J connectivity index is 4.17. The first-order chi connectivity index (χ1) is 8.24. The molecule has 0 spiro atoms. The van der Waals surface area contributed by atoms with Gasteiger partial charge in [0.1, 0.15) is 6.61 Å². The molecule has 0 amide bonds. The number of aliphatic hydroxyl groups is 2. The molecule has 0 heterocycles. The maximum absolute atomic E-state index is 9.41. The molecule has 3 N–H and O–H groups in total. The summed E-state index contributed by atoms with van der Waals surface area (Å²) >= 11 is 0. The van der Waals surface area contributed by atoms with Crippen molar-refractivity contribution in [1.82, 2.24) is 5.32 Å². The number of unbranched alkanes of at least 4 members (excludes halogenated alkanes) is 2. The molecular formula is C12H27NO4. The van der Waals surface area contributed by atoms with Crippen molar-refractivity contribution in [3.05, 3.63) is 0 Å². The van der Waals surface area contributed by atoms with Crippen LogP contribution < -0.4 is 5.32 Å². The lowest BCUT2D eigenvalue weighted by molar-refractivity contribution is -0.274. The van der Waals surface area contributed by atoms with Crippen molar-refractivity contribution in [2.45, 2.75) is 45.4 Å². The van der Waals surface area contributed by atoms with E-state index in [0.29, 0.717) is 19.8 Å². The molecule has 0 saturated carbocycles. The highest BCUT2D eigenvalue weighted by Gasteiger charge is 2.30. The van der Waals surface area contributed by atoms with E-state index in [0.717, 1.165) is 25.7 Å². The zero-order valence-electron chi connectivity index (χ0n) is 11.1. The van der Waals surface area contributed by atoms with Crippen molar-refractivity contribution in [2.24, 2.45) is 0 Å². The summed E-state index contributed by atoms with van der Waals surface area (Å²) in [6, 6.07) is 0. The van der Waals surface area contributed by atoms with Crippen LogP contribution in [0.5, 0.6) is 0 Å². The van der Waals surface area contributed by atoms with Gasteiger partial charge in [0, 0.05) is 6.54 Å². The monoisotopic (exact) mass is 249 g/mol. The quantitative estimate of drug-likeness (QED) is 0.353. The van der Waals surface area contributed by atoms with E-state index in [9.17, 15) is 5.11 Å². The van der Waals surface area contributed by atoms with Gasteiger partial charge in [-0.1, -0.05) is 26.7 Å². The minimum atomic E-state index is -1.16. The van der Waals surface area contributed by atoms with Crippen LogP contribution in [-0.2, 0) is 9.47 Å². The molecule has 5 heteroatoms. The van der Waals surface area contributed by atoms with Gasteiger partial charge in [-0.25, -0.2) is 0 Å². The molecule has 5 nitrogen and oxygen atoms in total. The highest BCUT2D eigenvalue weighted by atomic mass is 16.7. The Labute approximate surface area is 104 Å². The van der Waals surface area contributed by atoms with Crippen LogP contribution >= 0.6 is 0 Å². The lowest BCUT2D eigenvalue weighted by Crippen LogP contribution is -2.54. The van der Waals surface area contributed by atoms with Gasteiger partial charge in [0.2, 0.25) is 0 Å². The third-order valence-corrected chi connectivity index (χ3v) is 2.38. The van der Waals surface area contributed by atoms with E-state index >= 15 is 0 Å². The molecule has 0 aromatic rings. The molecule has 0 saturated heterocycles. The van der Waals surface area contributed by atoms with E-state index < -0.39 is 5.91 Å². The first-order valence-corrected chi connectivity index (χ1v) is 6.49. The summed E-state index contributed by atoms with van der Waals surface area (Å²) in [5, 5.41) is 21.1. The number of hydrogen-bond donors (Lipinski definition) is 3. The van der Waals surface area contributed by atoms with E-state index in [4.69, 9.17) is 14.6 Å². The zero-order chi connectivity index (χ0) is 13.0. The maximum Gasteiger partial charge on any atom is 0.251 e. The minimum absolute atomic E-state index is 0.0178. The SMILES string of the molecule is CCCCOC(CO)(NCCO)OCCCC. The summed E-state index contributed by atoms with van der Waals surface area (Å²) in [6.45, 7) is 5.25. The third-order valence-electron chi connectivity index (χ3n) is 2.38. The van der Waals surface area contributed by atoms with Crippen molar-refractivity contribution in [2.75, 3.05) is 33.0 Å². The van der Waals surface area contributed by atoms with E-state index in [1.54, 1.807) is 0 Å². The number of hydrogen-bond acceptors (Lipinski definition) is 5. The van der Waals surface area contributed by atoms with Crippen LogP contribution in [-0.4, -0.2) is 49.1 Å². The zero-order valence-corrected chi connectivity index (χ0v) is 11.1. The Morgan fingerprint density at radius 2 is 1.53 bits per heavy atom. The Bertz CT molecular complexity index is 157. The summed E-state index contributed by atoms with van der Waals surface area (Å²) in [4.78, 5) is 0. The van der Waals surface area contributed by atoms with E-state index in [-0.39, 0.29) is 13.2 Å². The van der Waals surface area contributed by atoms with Gasteiger partial charge in [-0.2, -0.15) is 0 Å². The predicted molar refractivity (Wildman–Crippen MR) is 66.6 cm³/mol. The van der Waals surface area contributed by atoms with Crippen LogP contribution in [0.4, 0.5) is 0 Å². The molecular weight excluding hydrogens is 222 g/mol. The predicted octanol–water partition coefficient (Wildman–Crippen LogP) is 0.848. The van der Waals surface area contributed by atoms with E-state index in [1.165, 1.54) is 0 Å². The second kappa shape index (κ2) is 10.9. The van der Waals surface area contributed by atoms with Crippen LogP contribution in [0.25, 0.3) is 0 Å². The van der Waals surface area contributed by atoms with Gasteiger partial charge < -0.3 is 19.7 Å². The van der Waals surface area contributed by atoms with Crippen molar-refractivity contribution in [1.29, 1.82) is 0 Å². The summed E-state index contributed by atoms with van der Waals surface area (Å²) < 4.78 is 11.1. The molecule has 0 aromatic carbocycles. The van der Waals surface area contributed by atoms with Gasteiger partial charge in [0.05, 0.1) is 19.8 Å². The van der Waals surface area contributed by atoms with Crippen molar-refractivity contribution in [3.63, 3.8) is 0 Å². The molecule has 0 bridgehead atoms. The van der Waals surface area contributed by atoms with Gasteiger partial charge >= 0.3 is 0 Å². The fourth-order valence-electron chi connectivity index (χ4n) is 1.30. The Morgan fingerprint density at radius 1 is 1.00 bits per heavy atom. The summed E-state index contributed by atoms with van der Waals surface area (Å²) in [5.74, 6) is -1.16. The van der Waals surface area contributed by atoms with Crippen LogP contribution in [0.15, 0.2) is 0 Å². The normalized spacial score (nSPS) is 12.0. The lowest BCUT2D eigenvalue weighted by Gasteiger charge is -2.32. The number of nitrogens with one attached hydrogen (secondary N) is 1. The van der Waals surface area contributed by atoms with Crippen LogP contribution in [0.3, 0.4) is 0 Å². The van der Waals surface area contributed by atoms with Gasteiger partial charge in [-0.15, -0.1) is 0 Å². The molecule has 0 aromatic heterocycles. The Morgan fingerprint density at radius 3 is 1.88 bits per heavy atom. The second-order valence-electron chi connectivity index (χ2n) is 3.97. The highest BCUT2D eigenvalue weighted by molar-refractivity contribution is 4.66. The molecule has 0 rings (SSSR count). The average Bonchev–Trinajstić information content (AvgIpc) is 2.36. The van der Waals surface area contributed by atoms with Crippen LogP contribution in [0.1, 0.15) is 39.5 Å². The van der Waals surface area contributed by atoms with Crippen LogP contribution in [0.2, 0.25) is 0 Å². The molecule has 0 unspecified atom stereocenters. The Hall–Kier alpha value is -0.200. The topological polar surface area (TPSA) is 71.0 Å². The molecule has 0 aliphatic heterocycles. The lowest BCUT2D eigenvalue weighted by atomic mass is 10.3. The van der Waals surface area contributed by atoms with Crippen LogP contribution in [0, 0.1) is 0 Å². The van der Waals surface area contributed by atoms with E-state index in [2.05, 4.69) is 19.2 Å². The van der Waals surface area contributed by atoms with E-state index in [1.807, 2.05) is 0 Å². The summed E-state index contributed by atoms with van der Waals surface area (Å²) in [7, 11) is 0. The highest BCUT2D eigenvalue weighted by Crippen LogP contribution is 2.11. The minimum Gasteiger partial charge on any atom is -0.395 e. The number of ether oxygens (including phenoxy) is 2.